The molecular weight excluding hydrogens is 286 g/mol. The molecule has 0 spiro atoms. The van der Waals surface area contributed by atoms with Crippen molar-refractivity contribution >= 4 is 0 Å². The number of nitrogens with one attached hydrogen (secondary N) is 1. The molecule has 0 aromatic carbocycles. The standard InChI is InChI=1S/C20H35NO2/c22-19(14-21-5-2-1-3-6-21)15-23-7-4-20-11-16-8-17(12-20)10-18(9-16)13-20/h16-19,22H,1-15H2/p+1/t16?,17?,18?,19-,20?/m0/s1. The summed E-state index contributed by atoms with van der Waals surface area (Å²) in [7, 11) is 0. The molecule has 23 heavy (non-hydrogen) atoms. The van der Waals surface area contributed by atoms with Gasteiger partial charge < -0.3 is 14.7 Å². The van der Waals surface area contributed by atoms with E-state index in [0.29, 0.717) is 12.0 Å². The number of rotatable bonds is 7. The predicted molar refractivity (Wildman–Crippen MR) is 91.5 cm³/mol. The molecule has 5 aliphatic rings. The second kappa shape index (κ2) is 7.01. The molecule has 132 valence electrons. The Morgan fingerprint density at radius 1 is 0.957 bits per heavy atom. The highest BCUT2D eigenvalue weighted by Gasteiger charge is 2.50. The van der Waals surface area contributed by atoms with Crippen LogP contribution in [0, 0.1) is 23.2 Å². The highest BCUT2D eigenvalue weighted by Crippen LogP contribution is 2.61. The maximum atomic E-state index is 10.2. The quantitative estimate of drug-likeness (QED) is 0.703. The summed E-state index contributed by atoms with van der Waals surface area (Å²) in [5.74, 6) is 3.11. The van der Waals surface area contributed by atoms with Crippen LogP contribution in [0.15, 0.2) is 0 Å². The van der Waals surface area contributed by atoms with Gasteiger partial charge in [0.15, 0.2) is 0 Å². The lowest BCUT2D eigenvalue weighted by molar-refractivity contribution is -0.908. The minimum atomic E-state index is -0.264. The lowest BCUT2D eigenvalue weighted by Crippen LogP contribution is -3.14. The van der Waals surface area contributed by atoms with E-state index in [1.807, 2.05) is 0 Å². The third-order valence-corrected chi connectivity index (χ3v) is 7.34. The summed E-state index contributed by atoms with van der Waals surface area (Å²) in [6.45, 7) is 4.79. The van der Waals surface area contributed by atoms with E-state index in [2.05, 4.69) is 0 Å². The number of aliphatic hydroxyl groups excluding tert-OH is 1. The van der Waals surface area contributed by atoms with Crippen molar-refractivity contribution in [3.8, 4) is 0 Å². The molecule has 5 rings (SSSR count). The fourth-order valence-electron chi connectivity index (χ4n) is 6.75. The van der Waals surface area contributed by atoms with Crippen LogP contribution >= 0.6 is 0 Å². The summed E-state index contributed by atoms with van der Waals surface area (Å²) in [4.78, 5) is 1.58. The van der Waals surface area contributed by atoms with Crippen molar-refractivity contribution < 1.29 is 14.7 Å². The minimum absolute atomic E-state index is 0.264. The van der Waals surface area contributed by atoms with Crippen molar-refractivity contribution in [1.82, 2.24) is 0 Å². The molecule has 3 heteroatoms. The molecule has 0 unspecified atom stereocenters. The van der Waals surface area contributed by atoms with Gasteiger partial charge in [-0.05, 0) is 87.4 Å². The zero-order valence-electron chi connectivity index (χ0n) is 14.8. The van der Waals surface area contributed by atoms with Gasteiger partial charge in [-0.15, -0.1) is 0 Å². The zero-order chi connectivity index (χ0) is 15.7. The van der Waals surface area contributed by atoms with Gasteiger partial charge in [0.05, 0.1) is 19.7 Å². The lowest BCUT2D eigenvalue weighted by Gasteiger charge is -2.57. The molecule has 0 radical (unpaired) electrons. The van der Waals surface area contributed by atoms with Gasteiger partial charge in [0.1, 0.15) is 12.6 Å². The van der Waals surface area contributed by atoms with E-state index in [1.165, 1.54) is 77.3 Å². The molecular formula is C20H36NO2+. The summed E-state index contributed by atoms with van der Waals surface area (Å²) < 4.78 is 5.91. The zero-order valence-corrected chi connectivity index (χ0v) is 14.8. The average molecular weight is 323 g/mol. The van der Waals surface area contributed by atoms with Gasteiger partial charge in [-0.3, -0.25) is 0 Å². The molecule has 0 amide bonds. The van der Waals surface area contributed by atoms with Crippen LogP contribution in [0.3, 0.4) is 0 Å². The summed E-state index contributed by atoms with van der Waals surface area (Å²) >= 11 is 0. The first-order valence-corrected chi connectivity index (χ1v) is 10.3. The molecule has 4 bridgehead atoms. The third-order valence-electron chi connectivity index (χ3n) is 7.34. The summed E-state index contributed by atoms with van der Waals surface area (Å²) in [5, 5.41) is 10.2. The van der Waals surface area contributed by atoms with Gasteiger partial charge in [-0.2, -0.15) is 0 Å². The highest BCUT2D eigenvalue weighted by atomic mass is 16.5. The van der Waals surface area contributed by atoms with Crippen molar-refractivity contribution in [2.75, 3.05) is 32.8 Å². The first-order chi connectivity index (χ1) is 11.2. The average Bonchev–Trinajstić information content (AvgIpc) is 2.51. The Morgan fingerprint density at radius 3 is 2.17 bits per heavy atom. The Balaban J connectivity index is 1.16. The van der Waals surface area contributed by atoms with Gasteiger partial charge >= 0.3 is 0 Å². The minimum Gasteiger partial charge on any atom is -0.385 e. The SMILES string of the molecule is O[C@H](COCCC12CC3CC(CC(C3)C1)C2)C[NH+]1CCCCC1. The number of hydrogen-bond acceptors (Lipinski definition) is 2. The van der Waals surface area contributed by atoms with Crippen molar-refractivity contribution in [1.29, 1.82) is 0 Å². The van der Waals surface area contributed by atoms with Gasteiger partial charge in [0.25, 0.3) is 0 Å². The third kappa shape index (κ3) is 3.93. The fraction of sp³-hybridized carbons (Fsp3) is 1.00. The van der Waals surface area contributed by atoms with Crippen LogP contribution in [0.1, 0.15) is 64.2 Å². The van der Waals surface area contributed by atoms with Gasteiger partial charge in [0, 0.05) is 6.61 Å². The normalized spacial score (nSPS) is 41.3. The molecule has 0 aromatic rings. The molecule has 4 saturated carbocycles. The van der Waals surface area contributed by atoms with E-state index in [-0.39, 0.29) is 6.10 Å². The van der Waals surface area contributed by atoms with Crippen molar-refractivity contribution in [2.45, 2.75) is 70.3 Å². The topological polar surface area (TPSA) is 33.9 Å². The summed E-state index contributed by atoms with van der Waals surface area (Å²) in [6.07, 6.45) is 14.0. The van der Waals surface area contributed by atoms with Crippen molar-refractivity contribution in [3.05, 3.63) is 0 Å². The molecule has 1 atom stereocenters. The fourth-order valence-corrected chi connectivity index (χ4v) is 6.75. The van der Waals surface area contributed by atoms with Crippen LogP contribution < -0.4 is 4.90 Å². The smallest absolute Gasteiger partial charge is 0.126 e. The van der Waals surface area contributed by atoms with Crippen molar-refractivity contribution in [2.24, 2.45) is 23.2 Å². The van der Waals surface area contributed by atoms with E-state index < -0.39 is 0 Å². The Morgan fingerprint density at radius 2 is 1.57 bits per heavy atom. The van der Waals surface area contributed by atoms with E-state index in [9.17, 15) is 5.11 Å². The molecule has 1 heterocycles. The van der Waals surface area contributed by atoms with Gasteiger partial charge in [-0.1, -0.05) is 0 Å². The number of hydrogen-bond donors (Lipinski definition) is 2. The second-order valence-corrected chi connectivity index (χ2v) is 9.41. The molecule has 1 aliphatic heterocycles. The molecule has 3 nitrogen and oxygen atoms in total. The highest BCUT2D eigenvalue weighted by molar-refractivity contribution is 5.01. The predicted octanol–water partition coefficient (Wildman–Crippen LogP) is 2.04. The Labute approximate surface area is 141 Å². The van der Waals surface area contributed by atoms with Gasteiger partial charge in [0.2, 0.25) is 0 Å². The Hall–Kier alpha value is -0.120. The van der Waals surface area contributed by atoms with E-state index in [1.54, 1.807) is 4.90 Å². The van der Waals surface area contributed by atoms with Crippen LogP contribution in [0.2, 0.25) is 0 Å². The second-order valence-electron chi connectivity index (χ2n) is 9.41. The van der Waals surface area contributed by atoms with Crippen LogP contribution in [-0.4, -0.2) is 44.1 Å². The Bertz CT molecular complexity index is 356. The summed E-state index contributed by atoms with van der Waals surface area (Å²) in [6, 6.07) is 0. The maximum Gasteiger partial charge on any atom is 0.126 e. The number of aliphatic hydroxyl groups is 1. The molecule has 2 N–H and O–H groups in total. The van der Waals surface area contributed by atoms with E-state index in [0.717, 1.165) is 30.9 Å². The van der Waals surface area contributed by atoms with Crippen LogP contribution in [-0.2, 0) is 4.74 Å². The monoisotopic (exact) mass is 322 g/mol. The first-order valence-electron chi connectivity index (χ1n) is 10.3. The molecule has 5 fully saturated rings. The number of ether oxygens (including phenoxy) is 1. The van der Waals surface area contributed by atoms with E-state index in [4.69, 9.17) is 4.74 Å². The maximum absolute atomic E-state index is 10.2. The number of likely N-dealkylation sites (tertiary alicyclic amines) is 1. The van der Waals surface area contributed by atoms with E-state index >= 15 is 0 Å². The van der Waals surface area contributed by atoms with Gasteiger partial charge in [-0.25, -0.2) is 0 Å². The van der Waals surface area contributed by atoms with Crippen LogP contribution in [0.25, 0.3) is 0 Å². The van der Waals surface area contributed by atoms with Crippen LogP contribution in [0.5, 0.6) is 0 Å². The number of quaternary nitrogens is 1. The molecule has 1 saturated heterocycles. The van der Waals surface area contributed by atoms with Crippen molar-refractivity contribution in [3.63, 3.8) is 0 Å². The largest absolute Gasteiger partial charge is 0.385 e. The molecule has 4 aliphatic carbocycles. The Kier molecular flexibility index (Phi) is 4.99. The molecule has 0 aromatic heterocycles. The first kappa shape index (κ1) is 16.4. The van der Waals surface area contributed by atoms with Crippen LogP contribution in [0.4, 0.5) is 0 Å². The number of piperidine rings is 1. The summed E-state index contributed by atoms with van der Waals surface area (Å²) in [5.41, 5.74) is 0.623. The lowest BCUT2D eigenvalue weighted by atomic mass is 9.49.